The number of amides is 1. The van der Waals surface area contributed by atoms with Crippen molar-refractivity contribution in [3.05, 3.63) is 101 Å². The zero-order valence-corrected chi connectivity index (χ0v) is 22.2. The summed E-state index contributed by atoms with van der Waals surface area (Å²) >= 11 is 0. The van der Waals surface area contributed by atoms with Gasteiger partial charge in [0, 0.05) is 31.4 Å². The second-order valence-corrected chi connectivity index (χ2v) is 10.4. The van der Waals surface area contributed by atoms with Crippen LogP contribution in [0.1, 0.15) is 54.0 Å². The molecule has 1 aliphatic carbocycles. The lowest BCUT2D eigenvalue weighted by Gasteiger charge is -2.31. The zero-order valence-electron chi connectivity index (χ0n) is 22.2. The molecule has 2 fully saturated rings. The van der Waals surface area contributed by atoms with Gasteiger partial charge in [-0.15, -0.1) is 0 Å². The number of aliphatic hydroxyl groups is 1. The van der Waals surface area contributed by atoms with E-state index in [2.05, 4.69) is 0 Å². The molecule has 0 aromatic heterocycles. The number of aryl methyl sites for hydroxylation is 1. The zero-order chi connectivity index (χ0) is 26.8. The Hall–Kier alpha value is -4.06. The summed E-state index contributed by atoms with van der Waals surface area (Å²) in [6.45, 7) is 2.34. The lowest BCUT2D eigenvalue weighted by Crippen LogP contribution is -2.37. The van der Waals surface area contributed by atoms with Gasteiger partial charge in [0.05, 0.1) is 11.6 Å². The molecule has 5 rings (SSSR count). The standard InChI is InChI=1S/C32H34N2O4/c1-21-19-24(15-18-27(21)38-20-22-9-5-4-6-10-22)30(35)28-29(23-13-16-25(17-14-23)33(2)3)34(32(37)31(28)36)26-11-7-8-12-26/h4-6,9-10,13-19,26,29,35H,7-8,11-12,20H2,1-3H3/b30-28-. The lowest BCUT2D eigenvalue weighted by molar-refractivity contribution is -0.141. The predicted molar refractivity (Wildman–Crippen MR) is 149 cm³/mol. The van der Waals surface area contributed by atoms with Gasteiger partial charge in [-0.3, -0.25) is 9.59 Å². The van der Waals surface area contributed by atoms with Crippen LogP contribution >= 0.6 is 0 Å². The number of carbonyl (C=O) groups is 2. The van der Waals surface area contributed by atoms with Crippen LogP contribution in [-0.2, 0) is 16.2 Å². The number of benzene rings is 3. The number of nitrogens with zero attached hydrogens (tertiary/aromatic N) is 2. The van der Waals surface area contributed by atoms with Crippen LogP contribution in [0.4, 0.5) is 5.69 Å². The molecule has 1 amide bonds. The second-order valence-electron chi connectivity index (χ2n) is 10.4. The van der Waals surface area contributed by atoms with Gasteiger partial charge in [0.2, 0.25) is 0 Å². The number of ketones is 1. The van der Waals surface area contributed by atoms with E-state index in [-0.39, 0.29) is 17.4 Å². The predicted octanol–water partition coefficient (Wildman–Crippen LogP) is 6.00. The summed E-state index contributed by atoms with van der Waals surface area (Å²) in [6.07, 6.45) is 3.80. The highest BCUT2D eigenvalue weighted by atomic mass is 16.5. The van der Waals surface area contributed by atoms with Crippen LogP contribution in [0.15, 0.2) is 78.4 Å². The Morgan fingerprint density at radius 3 is 2.29 bits per heavy atom. The van der Waals surface area contributed by atoms with Crippen LogP contribution in [0.2, 0.25) is 0 Å². The van der Waals surface area contributed by atoms with E-state index in [1.54, 1.807) is 17.0 Å². The molecule has 6 nitrogen and oxygen atoms in total. The van der Waals surface area contributed by atoms with Crippen LogP contribution in [-0.4, -0.2) is 41.8 Å². The average molecular weight is 511 g/mol. The Kier molecular flexibility index (Phi) is 7.23. The molecule has 6 heteroatoms. The second kappa shape index (κ2) is 10.7. The first-order valence-corrected chi connectivity index (χ1v) is 13.2. The van der Waals surface area contributed by atoms with E-state index in [1.165, 1.54) is 0 Å². The lowest BCUT2D eigenvalue weighted by atomic mass is 9.94. The smallest absolute Gasteiger partial charge is 0.295 e. The van der Waals surface area contributed by atoms with Gasteiger partial charge in [-0.2, -0.15) is 0 Å². The first-order chi connectivity index (χ1) is 18.3. The molecule has 196 valence electrons. The van der Waals surface area contributed by atoms with Crippen LogP contribution < -0.4 is 9.64 Å². The third kappa shape index (κ3) is 4.91. The van der Waals surface area contributed by atoms with Crippen molar-refractivity contribution in [3.8, 4) is 5.75 Å². The van der Waals surface area contributed by atoms with E-state index in [0.717, 1.165) is 48.1 Å². The summed E-state index contributed by atoms with van der Waals surface area (Å²) in [5, 5.41) is 11.5. The molecule has 3 aromatic rings. The number of ether oxygens (including phenoxy) is 1. The van der Waals surface area contributed by atoms with Crippen LogP contribution in [0.3, 0.4) is 0 Å². The number of aliphatic hydroxyl groups excluding tert-OH is 1. The molecule has 1 saturated carbocycles. The van der Waals surface area contributed by atoms with Crippen molar-refractivity contribution < 1.29 is 19.4 Å². The molecule has 0 spiro atoms. The van der Waals surface area contributed by atoms with Crippen LogP contribution in [0, 0.1) is 6.92 Å². The first-order valence-electron chi connectivity index (χ1n) is 13.2. The van der Waals surface area contributed by atoms with E-state index >= 15 is 0 Å². The van der Waals surface area contributed by atoms with Gasteiger partial charge in [0.15, 0.2) is 0 Å². The van der Waals surface area contributed by atoms with E-state index < -0.39 is 17.7 Å². The monoisotopic (exact) mass is 510 g/mol. The minimum Gasteiger partial charge on any atom is -0.507 e. The molecule has 1 saturated heterocycles. The molecule has 38 heavy (non-hydrogen) atoms. The molecule has 0 radical (unpaired) electrons. The summed E-state index contributed by atoms with van der Waals surface area (Å²) in [6, 6.07) is 22.5. The van der Waals surface area contributed by atoms with Gasteiger partial charge in [-0.1, -0.05) is 55.3 Å². The van der Waals surface area contributed by atoms with E-state index in [1.807, 2.05) is 86.6 Å². The van der Waals surface area contributed by atoms with Gasteiger partial charge in [-0.25, -0.2) is 0 Å². The summed E-state index contributed by atoms with van der Waals surface area (Å²) in [5.41, 5.74) is 4.38. The largest absolute Gasteiger partial charge is 0.507 e. The maximum atomic E-state index is 13.4. The van der Waals surface area contributed by atoms with Gasteiger partial charge in [0.25, 0.3) is 11.7 Å². The van der Waals surface area contributed by atoms with E-state index in [4.69, 9.17) is 4.74 Å². The third-order valence-corrected chi connectivity index (χ3v) is 7.61. The number of likely N-dealkylation sites (tertiary alicyclic amines) is 1. The highest BCUT2D eigenvalue weighted by Gasteiger charge is 2.49. The molecular weight excluding hydrogens is 476 g/mol. The van der Waals surface area contributed by atoms with E-state index in [0.29, 0.717) is 17.9 Å². The molecular formula is C32H34N2O4. The minimum atomic E-state index is -0.627. The Bertz CT molecular complexity index is 1360. The van der Waals surface area contributed by atoms with Crippen molar-refractivity contribution >= 4 is 23.1 Å². The van der Waals surface area contributed by atoms with Crippen molar-refractivity contribution in [2.75, 3.05) is 19.0 Å². The summed E-state index contributed by atoms with van der Waals surface area (Å²) in [5.74, 6) is -0.603. The minimum absolute atomic E-state index is 0.00854. The maximum absolute atomic E-state index is 13.4. The quantitative estimate of drug-likeness (QED) is 0.240. The van der Waals surface area contributed by atoms with Crippen molar-refractivity contribution in [1.29, 1.82) is 0 Å². The molecule has 1 aliphatic heterocycles. The Balaban J connectivity index is 1.51. The first kappa shape index (κ1) is 25.6. The SMILES string of the molecule is Cc1cc(/C(O)=C2/C(=O)C(=O)N(C3CCCC3)C2c2ccc(N(C)C)cc2)ccc1OCc1ccccc1. The Morgan fingerprint density at radius 1 is 0.974 bits per heavy atom. The van der Waals surface area contributed by atoms with Gasteiger partial charge in [0.1, 0.15) is 18.1 Å². The third-order valence-electron chi connectivity index (χ3n) is 7.61. The number of anilines is 1. The molecule has 1 atom stereocenters. The molecule has 0 bridgehead atoms. The number of hydrogen-bond acceptors (Lipinski definition) is 5. The molecule has 3 aromatic carbocycles. The fourth-order valence-electron chi connectivity index (χ4n) is 5.54. The summed E-state index contributed by atoms with van der Waals surface area (Å²) in [4.78, 5) is 30.5. The number of hydrogen-bond donors (Lipinski definition) is 1. The summed E-state index contributed by atoms with van der Waals surface area (Å²) in [7, 11) is 3.93. The van der Waals surface area contributed by atoms with Crippen molar-refractivity contribution in [2.24, 2.45) is 0 Å². The molecule has 1 N–H and O–H groups in total. The van der Waals surface area contributed by atoms with Gasteiger partial charge in [-0.05, 0) is 66.8 Å². The highest BCUT2D eigenvalue weighted by Crippen LogP contribution is 2.44. The Labute approximate surface area is 224 Å². The molecule has 1 unspecified atom stereocenters. The van der Waals surface area contributed by atoms with Crippen molar-refractivity contribution in [1.82, 2.24) is 4.90 Å². The maximum Gasteiger partial charge on any atom is 0.295 e. The van der Waals surface area contributed by atoms with Gasteiger partial charge >= 0.3 is 0 Å². The normalized spacial score (nSPS) is 19.2. The molecule has 2 aliphatic rings. The highest BCUT2D eigenvalue weighted by molar-refractivity contribution is 6.46. The van der Waals surface area contributed by atoms with Crippen LogP contribution in [0.25, 0.3) is 5.76 Å². The average Bonchev–Trinajstić information content (AvgIpc) is 3.54. The summed E-state index contributed by atoms with van der Waals surface area (Å²) < 4.78 is 6.00. The number of carbonyl (C=O) groups excluding carboxylic acids is 2. The van der Waals surface area contributed by atoms with E-state index in [9.17, 15) is 14.7 Å². The van der Waals surface area contributed by atoms with Gasteiger partial charge < -0.3 is 19.6 Å². The number of rotatable bonds is 7. The van der Waals surface area contributed by atoms with Crippen LogP contribution in [0.5, 0.6) is 5.75 Å². The number of Topliss-reactive ketones (excluding diaryl/α,β-unsaturated/α-hetero) is 1. The van der Waals surface area contributed by atoms with Crippen molar-refractivity contribution in [2.45, 2.75) is 51.3 Å². The Morgan fingerprint density at radius 2 is 1.66 bits per heavy atom. The van der Waals surface area contributed by atoms with Crippen molar-refractivity contribution in [3.63, 3.8) is 0 Å². The fourth-order valence-corrected chi connectivity index (χ4v) is 5.54. The fraction of sp³-hybridized carbons (Fsp3) is 0.312. The molecule has 1 heterocycles. The topological polar surface area (TPSA) is 70.1 Å².